The minimum Gasteiger partial charge on any atom is -0.389 e. The van der Waals surface area contributed by atoms with E-state index in [0.717, 1.165) is 36.2 Å². The van der Waals surface area contributed by atoms with E-state index in [1.54, 1.807) is 6.07 Å². The molecule has 124 valence electrons. The Morgan fingerprint density at radius 1 is 1.33 bits per heavy atom. The number of nitrogens with zero attached hydrogens (tertiary/aromatic N) is 2. The molecule has 3 aliphatic rings. The van der Waals surface area contributed by atoms with E-state index >= 15 is 0 Å². The molecule has 24 heavy (non-hydrogen) atoms. The molecule has 2 saturated carbocycles. The van der Waals surface area contributed by atoms with Crippen LogP contribution >= 0.6 is 0 Å². The summed E-state index contributed by atoms with van der Waals surface area (Å²) < 4.78 is 15.4. The second-order valence-electron chi connectivity index (χ2n) is 7.81. The number of halogens is 1. The van der Waals surface area contributed by atoms with E-state index in [0.29, 0.717) is 5.92 Å². The number of aromatic nitrogens is 2. The minimum absolute atomic E-state index is 0.115. The average molecular weight is 324 g/mol. The maximum atomic E-state index is 13.6. The van der Waals surface area contributed by atoms with Gasteiger partial charge in [-0.2, -0.15) is 5.10 Å². The Hall–Kier alpha value is -1.94. The molecule has 0 bridgehead atoms. The average Bonchev–Trinajstić information content (AvgIpc) is 3.27. The molecule has 1 N–H and O–H groups in total. The van der Waals surface area contributed by atoms with Gasteiger partial charge in [-0.1, -0.05) is 11.6 Å². The van der Waals surface area contributed by atoms with Crippen LogP contribution in [0, 0.1) is 17.2 Å². The lowest BCUT2D eigenvalue weighted by Crippen LogP contribution is -2.46. The van der Waals surface area contributed by atoms with Crippen molar-refractivity contribution in [3.63, 3.8) is 0 Å². The molecule has 0 radical (unpaired) electrons. The van der Waals surface area contributed by atoms with Crippen LogP contribution in [0.4, 0.5) is 4.39 Å². The minimum atomic E-state index is -0.640. The number of rotatable bonds is 2. The van der Waals surface area contributed by atoms with Crippen LogP contribution in [-0.4, -0.2) is 20.5 Å². The van der Waals surface area contributed by atoms with E-state index in [-0.39, 0.29) is 11.2 Å². The largest absolute Gasteiger partial charge is 0.389 e. The van der Waals surface area contributed by atoms with Gasteiger partial charge < -0.3 is 5.11 Å². The van der Waals surface area contributed by atoms with Gasteiger partial charge in [-0.05, 0) is 74.8 Å². The van der Waals surface area contributed by atoms with Crippen molar-refractivity contribution in [1.29, 1.82) is 0 Å². The lowest BCUT2D eigenvalue weighted by Gasteiger charge is -2.43. The molecule has 0 spiro atoms. The van der Waals surface area contributed by atoms with E-state index in [4.69, 9.17) is 0 Å². The summed E-state index contributed by atoms with van der Waals surface area (Å²) in [5, 5.41) is 15.6. The van der Waals surface area contributed by atoms with Gasteiger partial charge in [0.15, 0.2) is 0 Å². The smallest absolute Gasteiger partial charge is 0.125 e. The van der Waals surface area contributed by atoms with Crippen molar-refractivity contribution in [1.82, 2.24) is 9.78 Å². The summed E-state index contributed by atoms with van der Waals surface area (Å²) >= 11 is 0. The molecule has 4 heteroatoms. The van der Waals surface area contributed by atoms with Gasteiger partial charge in [-0.3, -0.25) is 0 Å². The van der Waals surface area contributed by atoms with E-state index in [9.17, 15) is 9.50 Å². The first-order valence-corrected chi connectivity index (χ1v) is 8.77. The van der Waals surface area contributed by atoms with Gasteiger partial charge in [-0.25, -0.2) is 9.07 Å². The van der Waals surface area contributed by atoms with Crippen LogP contribution in [0.3, 0.4) is 0 Å². The Morgan fingerprint density at radius 2 is 2.17 bits per heavy atom. The molecule has 2 fully saturated rings. The monoisotopic (exact) mass is 324 g/mol. The highest BCUT2D eigenvalue weighted by Gasteiger charge is 2.62. The molecule has 1 aromatic carbocycles. The van der Waals surface area contributed by atoms with Crippen molar-refractivity contribution in [2.75, 3.05) is 0 Å². The van der Waals surface area contributed by atoms with E-state index in [1.807, 2.05) is 23.9 Å². The highest BCUT2D eigenvalue weighted by atomic mass is 19.1. The van der Waals surface area contributed by atoms with Gasteiger partial charge in [0.2, 0.25) is 0 Å². The summed E-state index contributed by atoms with van der Waals surface area (Å²) in [6, 6.07) is 6.55. The zero-order valence-electron chi connectivity index (χ0n) is 13.8. The number of hydrogen-bond donors (Lipinski definition) is 1. The van der Waals surface area contributed by atoms with Crippen LogP contribution in [0.2, 0.25) is 0 Å². The first-order chi connectivity index (χ1) is 11.5. The fraction of sp³-hybridized carbons (Fsp3) is 0.450. The molecule has 2 aromatic rings. The number of fused-ring (bicyclic) bond motifs is 2. The molecule has 1 aromatic heterocycles. The predicted molar refractivity (Wildman–Crippen MR) is 90.2 cm³/mol. The summed E-state index contributed by atoms with van der Waals surface area (Å²) in [5.74, 6) is 0.336. The highest BCUT2D eigenvalue weighted by molar-refractivity contribution is 5.63. The quantitative estimate of drug-likeness (QED) is 0.910. The number of aliphatic hydroxyl groups is 1. The van der Waals surface area contributed by atoms with Gasteiger partial charge in [0.05, 0.1) is 23.2 Å². The maximum Gasteiger partial charge on any atom is 0.125 e. The normalized spacial score (nSPS) is 31.5. The highest BCUT2D eigenvalue weighted by Crippen LogP contribution is 2.65. The summed E-state index contributed by atoms with van der Waals surface area (Å²) in [4.78, 5) is 0. The third-order valence-corrected chi connectivity index (χ3v) is 6.41. The van der Waals surface area contributed by atoms with Crippen LogP contribution in [0.5, 0.6) is 0 Å². The fourth-order valence-corrected chi connectivity index (χ4v) is 5.06. The third kappa shape index (κ3) is 1.78. The lowest BCUT2D eigenvalue weighted by atomic mass is 9.63. The fourth-order valence-electron chi connectivity index (χ4n) is 5.06. The van der Waals surface area contributed by atoms with Crippen molar-refractivity contribution < 1.29 is 9.50 Å². The Labute approximate surface area is 140 Å². The standard InChI is InChI=1S/C20H21FN2O/c1-19(24)8-7-15-9-18-13(11-20(15,19)14-5-6-14)12-22-23(18)17-4-2-3-16(21)10-17/h2-4,9-10,12,14,24H,5-8,11H2,1H3/t19-,20+/m0/s1. The SMILES string of the molecule is C[C@]1(O)CCC2=Cc3c(cnn3-c3cccc(F)c3)C[C@@]21C1CC1. The van der Waals surface area contributed by atoms with Crippen LogP contribution in [0.1, 0.15) is 43.9 Å². The Morgan fingerprint density at radius 3 is 2.92 bits per heavy atom. The Kier molecular flexibility index (Phi) is 2.74. The molecule has 3 aliphatic carbocycles. The van der Waals surface area contributed by atoms with Gasteiger partial charge in [0.1, 0.15) is 5.82 Å². The van der Waals surface area contributed by atoms with E-state index in [1.165, 1.54) is 30.5 Å². The maximum absolute atomic E-state index is 13.6. The molecule has 3 nitrogen and oxygen atoms in total. The zero-order valence-corrected chi connectivity index (χ0v) is 13.8. The first kappa shape index (κ1) is 14.4. The molecule has 0 saturated heterocycles. The van der Waals surface area contributed by atoms with Crippen LogP contribution in [-0.2, 0) is 6.42 Å². The zero-order chi connectivity index (χ0) is 16.5. The molecule has 0 unspecified atom stereocenters. The summed E-state index contributed by atoms with van der Waals surface area (Å²) in [5.41, 5.74) is 3.56. The molecule has 0 aliphatic heterocycles. The molecule has 5 rings (SSSR count). The third-order valence-electron chi connectivity index (χ3n) is 6.41. The number of benzene rings is 1. The summed E-state index contributed by atoms with van der Waals surface area (Å²) in [6.45, 7) is 2.01. The molecular weight excluding hydrogens is 303 g/mol. The lowest BCUT2D eigenvalue weighted by molar-refractivity contribution is -0.0436. The van der Waals surface area contributed by atoms with Crippen molar-refractivity contribution in [3.8, 4) is 5.69 Å². The van der Waals surface area contributed by atoms with E-state index < -0.39 is 5.60 Å². The van der Waals surface area contributed by atoms with E-state index in [2.05, 4.69) is 11.2 Å². The molecule has 0 amide bonds. The van der Waals surface area contributed by atoms with Gasteiger partial charge in [-0.15, -0.1) is 0 Å². The predicted octanol–water partition coefficient (Wildman–Crippen LogP) is 3.89. The van der Waals surface area contributed by atoms with Crippen LogP contribution in [0.15, 0.2) is 36.0 Å². The van der Waals surface area contributed by atoms with Crippen molar-refractivity contribution >= 4 is 6.08 Å². The first-order valence-electron chi connectivity index (χ1n) is 8.77. The Balaban J connectivity index is 1.66. The van der Waals surface area contributed by atoms with Gasteiger partial charge >= 0.3 is 0 Å². The van der Waals surface area contributed by atoms with Crippen LogP contribution < -0.4 is 0 Å². The van der Waals surface area contributed by atoms with Crippen molar-refractivity contribution in [2.24, 2.45) is 11.3 Å². The van der Waals surface area contributed by atoms with Gasteiger partial charge in [0.25, 0.3) is 0 Å². The summed E-state index contributed by atoms with van der Waals surface area (Å²) in [6.07, 6.45) is 9.15. The molecule has 1 heterocycles. The van der Waals surface area contributed by atoms with Gasteiger partial charge in [0, 0.05) is 5.41 Å². The second-order valence-corrected chi connectivity index (χ2v) is 7.81. The van der Waals surface area contributed by atoms with Crippen molar-refractivity contribution in [2.45, 2.75) is 44.6 Å². The van der Waals surface area contributed by atoms with Crippen LogP contribution in [0.25, 0.3) is 11.8 Å². The van der Waals surface area contributed by atoms with Crippen molar-refractivity contribution in [3.05, 3.63) is 53.1 Å². The second kappa shape index (κ2) is 4.57. The number of hydrogen-bond acceptors (Lipinski definition) is 2. The molecular formula is C20H21FN2O. The topological polar surface area (TPSA) is 38.1 Å². The summed E-state index contributed by atoms with van der Waals surface area (Å²) in [7, 11) is 0. The molecule has 2 atom stereocenters. The Bertz CT molecular complexity index is 862.